The molecule has 1 saturated carbocycles. The van der Waals surface area contributed by atoms with Crippen LogP contribution in [-0.4, -0.2) is 23.7 Å². The Morgan fingerprint density at radius 2 is 2.00 bits per heavy atom. The minimum atomic E-state index is -0.792. The summed E-state index contributed by atoms with van der Waals surface area (Å²) in [5, 5.41) is 9.27. The molecule has 3 rings (SSSR count). The Morgan fingerprint density at radius 3 is 2.72 bits per heavy atom. The molecule has 0 spiro atoms. The Bertz CT molecular complexity index is 464. The fraction of sp³-hybridized carbons (Fsp3) is 0.533. The van der Waals surface area contributed by atoms with E-state index in [0.29, 0.717) is 11.6 Å². The number of carboxylic acid groups (broad SMARTS) is 1. The van der Waals surface area contributed by atoms with Gasteiger partial charge in [0, 0.05) is 18.3 Å². The molecule has 1 aliphatic heterocycles. The predicted octanol–water partition coefficient (Wildman–Crippen LogP) is 3.08. The largest absolute Gasteiger partial charge is 0.478 e. The highest BCUT2D eigenvalue weighted by Crippen LogP contribution is 2.35. The second kappa shape index (κ2) is 4.63. The van der Waals surface area contributed by atoms with Gasteiger partial charge in [0.25, 0.3) is 0 Å². The summed E-state index contributed by atoms with van der Waals surface area (Å²) in [6, 6.07) is 6.35. The lowest BCUT2D eigenvalue weighted by atomic mass is 9.95. The Kier molecular flexibility index (Phi) is 2.98. The number of nitrogens with zero attached hydrogens (tertiary/aromatic N) is 1. The molecule has 0 aromatic heterocycles. The molecular weight excluding hydrogens is 226 g/mol. The molecule has 1 aromatic carbocycles. The highest BCUT2D eigenvalue weighted by Gasteiger charge is 2.28. The van der Waals surface area contributed by atoms with Gasteiger partial charge in [-0.05, 0) is 43.4 Å². The van der Waals surface area contributed by atoms with E-state index >= 15 is 0 Å². The fourth-order valence-electron chi connectivity index (χ4n) is 3.45. The van der Waals surface area contributed by atoms with E-state index in [0.717, 1.165) is 24.9 Å². The quantitative estimate of drug-likeness (QED) is 0.870. The first-order valence-electron chi connectivity index (χ1n) is 6.89. The third-order valence-electron chi connectivity index (χ3n) is 4.28. The van der Waals surface area contributed by atoms with Crippen LogP contribution in [-0.2, 0) is 6.42 Å². The van der Waals surface area contributed by atoms with Gasteiger partial charge in [-0.3, -0.25) is 0 Å². The van der Waals surface area contributed by atoms with Crippen molar-refractivity contribution in [3.8, 4) is 0 Å². The number of benzene rings is 1. The van der Waals surface area contributed by atoms with E-state index in [4.69, 9.17) is 0 Å². The zero-order chi connectivity index (χ0) is 12.5. The zero-order valence-electron chi connectivity index (χ0n) is 10.6. The number of hydrogen-bond acceptors (Lipinski definition) is 2. The maximum absolute atomic E-state index is 11.3. The highest BCUT2D eigenvalue weighted by molar-refractivity contribution is 5.91. The van der Waals surface area contributed by atoms with E-state index in [1.807, 2.05) is 6.07 Å². The third kappa shape index (κ3) is 1.88. The molecule has 0 radical (unpaired) electrons. The number of anilines is 1. The van der Waals surface area contributed by atoms with Crippen LogP contribution >= 0.6 is 0 Å². The Labute approximate surface area is 107 Å². The summed E-state index contributed by atoms with van der Waals surface area (Å²) in [6.45, 7) is 1.08. The summed E-state index contributed by atoms with van der Waals surface area (Å²) in [5.74, 6) is -0.792. The summed E-state index contributed by atoms with van der Waals surface area (Å²) in [7, 11) is 0. The predicted molar refractivity (Wildman–Crippen MR) is 71.3 cm³/mol. The van der Waals surface area contributed by atoms with Gasteiger partial charge in [0.05, 0.1) is 5.56 Å². The zero-order valence-corrected chi connectivity index (χ0v) is 10.6. The van der Waals surface area contributed by atoms with Crippen LogP contribution in [0.15, 0.2) is 18.2 Å². The molecule has 1 heterocycles. The van der Waals surface area contributed by atoms with Gasteiger partial charge in [0.1, 0.15) is 0 Å². The smallest absolute Gasteiger partial charge is 0.336 e. The number of fused-ring (bicyclic) bond motifs is 1. The highest BCUT2D eigenvalue weighted by atomic mass is 16.4. The molecule has 0 bridgehead atoms. The number of hydrogen-bond donors (Lipinski definition) is 1. The molecule has 18 heavy (non-hydrogen) atoms. The van der Waals surface area contributed by atoms with Crippen molar-refractivity contribution in [3.63, 3.8) is 0 Å². The molecule has 0 saturated heterocycles. The molecule has 0 amide bonds. The Hall–Kier alpha value is -1.51. The van der Waals surface area contributed by atoms with Gasteiger partial charge >= 0.3 is 5.97 Å². The minimum absolute atomic E-state index is 0.496. The van der Waals surface area contributed by atoms with E-state index in [-0.39, 0.29) is 0 Å². The summed E-state index contributed by atoms with van der Waals surface area (Å²) < 4.78 is 0. The van der Waals surface area contributed by atoms with Crippen LogP contribution < -0.4 is 4.90 Å². The van der Waals surface area contributed by atoms with Crippen molar-refractivity contribution in [1.29, 1.82) is 0 Å². The Balaban J connectivity index is 2.00. The molecule has 1 aromatic rings. The topological polar surface area (TPSA) is 40.5 Å². The second-order valence-electron chi connectivity index (χ2n) is 5.34. The van der Waals surface area contributed by atoms with Crippen molar-refractivity contribution in [2.75, 3.05) is 11.4 Å². The lowest BCUT2D eigenvalue weighted by molar-refractivity contribution is 0.0695. The van der Waals surface area contributed by atoms with Gasteiger partial charge in [0.15, 0.2) is 0 Å². The van der Waals surface area contributed by atoms with Gasteiger partial charge < -0.3 is 10.0 Å². The Morgan fingerprint density at radius 1 is 1.22 bits per heavy atom. The molecule has 0 unspecified atom stereocenters. The molecule has 1 N–H and O–H groups in total. The number of aromatic carboxylic acids is 1. The lowest BCUT2D eigenvalue weighted by Gasteiger charge is -2.36. The van der Waals surface area contributed by atoms with Gasteiger partial charge in [0.2, 0.25) is 0 Å². The van der Waals surface area contributed by atoms with Crippen LogP contribution in [0.5, 0.6) is 0 Å². The number of rotatable bonds is 2. The maximum Gasteiger partial charge on any atom is 0.336 e. The molecule has 0 atom stereocenters. The van der Waals surface area contributed by atoms with Crippen molar-refractivity contribution < 1.29 is 9.90 Å². The summed E-state index contributed by atoms with van der Waals surface area (Å²) in [5.41, 5.74) is 2.71. The van der Waals surface area contributed by atoms with Crippen molar-refractivity contribution in [2.24, 2.45) is 0 Å². The minimum Gasteiger partial charge on any atom is -0.478 e. The summed E-state index contributed by atoms with van der Waals surface area (Å²) in [4.78, 5) is 13.7. The molecule has 1 aliphatic carbocycles. The fourth-order valence-corrected chi connectivity index (χ4v) is 3.45. The van der Waals surface area contributed by atoms with Crippen LogP contribution in [0, 0.1) is 0 Å². The summed E-state index contributed by atoms with van der Waals surface area (Å²) in [6.07, 6.45) is 7.13. The molecule has 3 nitrogen and oxygen atoms in total. The van der Waals surface area contributed by atoms with E-state index in [1.54, 1.807) is 6.07 Å². The average molecular weight is 245 g/mol. The molecule has 96 valence electrons. The molecule has 2 aliphatic rings. The van der Waals surface area contributed by atoms with Crippen molar-refractivity contribution in [1.82, 2.24) is 0 Å². The van der Waals surface area contributed by atoms with E-state index < -0.39 is 5.97 Å². The van der Waals surface area contributed by atoms with E-state index in [2.05, 4.69) is 11.0 Å². The maximum atomic E-state index is 11.3. The number of carboxylic acids is 1. The van der Waals surface area contributed by atoms with Crippen LogP contribution in [0.3, 0.4) is 0 Å². The SMILES string of the molecule is O=C(O)c1cccc2c1CCCN2C1CCCC1. The van der Waals surface area contributed by atoms with Gasteiger partial charge in [-0.15, -0.1) is 0 Å². The molecular formula is C15H19NO2. The van der Waals surface area contributed by atoms with Crippen LogP contribution in [0.4, 0.5) is 5.69 Å². The van der Waals surface area contributed by atoms with E-state index in [1.165, 1.54) is 31.4 Å². The second-order valence-corrected chi connectivity index (χ2v) is 5.34. The van der Waals surface area contributed by atoms with Crippen molar-refractivity contribution >= 4 is 11.7 Å². The van der Waals surface area contributed by atoms with Crippen LogP contribution in [0.1, 0.15) is 48.0 Å². The van der Waals surface area contributed by atoms with Crippen LogP contribution in [0.25, 0.3) is 0 Å². The first-order chi connectivity index (χ1) is 8.77. The van der Waals surface area contributed by atoms with Gasteiger partial charge in [-0.2, -0.15) is 0 Å². The van der Waals surface area contributed by atoms with Crippen molar-refractivity contribution in [2.45, 2.75) is 44.6 Å². The van der Waals surface area contributed by atoms with E-state index in [9.17, 15) is 9.90 Å². The molecule has 3 heteroatoms. The van der Waals surface area contributed by atoms with Gasteiger partial charge in [-0.1, -0.05) is 18.9 Å². The number of carbonyl (C=O) groups is 1. The lowest BCUT2D eigenvalue weighted by Crippen LogP contribution is -2.37. The standard InChI is InChI=1S/C15H19NO2/c17-15(18)13-7-3-9-14-12(13)8-4-10-16(14)11-5-1-2-6-11/h3,7,9,11H,1-2,4-6,8,10H2,(H,17,18). The normalized spacial score (nSPS) is 19.9. The summed E-state index contributed by atoms with van der Waals surface area (Å²) >= 11 is 0. The van der Waals surface area contributed by atoms with Gasteiger partial charge in [-0.25, -0.2) is 4.79 Å². The third-order valence-corrected chi connectivity index (χ3v) is 4.28. The monoisotopic (exact) mass is 245 g/mol. The average Bonchev–Trinajstić information content (AvgIpc) is 2.91. The van der Waals surface area contributed by atoms with Crippen LogP contribution in [0.2, 0.25) is 0 Å². The molecule has 1 fully saturated rings. The first kappa shape index (κ1) is 11.6. The van der Waals surface area contributed by atoms with Crippen molar-refractivity contribution in [3.05, 3.63) is 29.3 Å². The first-order valence-corrected chi connectivity index (χ1v) is 6.89.